The number of rotatable bonds is 2. The third kappa shape index (κ3) is 1.97. The topological polar surface area (TPSA) is 114 Å². The minimum Gasteiger partial charge on any atom is -0.394 e. The fourth-order valence-corrected chi connectivity index (χ4v) is 2.23. The number of imidazole rings is 1. The molecule has 1 saturated heterocycles. The van der Waals surface area contributed by atoms with Crippen LogP contribution < -0.4 is 0 Å². The molecule has 19 heavy (non-hydrogen) atoms. The molecule has 2 aromatic heterocycles. The first kappa shape index (κ1) is 12.7. The highest BCUT2D eigenvalue weighted by Gasteiger charge is 2.43. The molecule has 0 spiro atoms. The molecule has 0 amide bonds. The molecular weight excluding hydrogens is 276 g/mol. The van der Waals surface area contributed by atoms with Gasteiger partial charge in [0.05, 0.1) is 19.1 Å². The SMILES string of the molecule is OC[C@@H]1O[C@H](n2cnc3cnc(Cl)nc32)[C@@H](O)[C@@H]1O. The van der Waals surface area contributed by atoms with Crippen molar-refractivity contribution >= 4 is 22.8 Å². The molecule has 0 saturated carbocycles. The number of hydrogen-bond acceptors (Lipinski definition) is 7. The molecule has 3 rings (SSSR count). The summed E-state index contributed by atoms with van der Waals surface area (Å²) < 4.78 is 6.85. The van der Waals surface area contributed by atoms with Gasteiger partial charge in [-0.05, 0) is 11.6 Å². The van der Waals surface area contributed by atoms with Crippen LogP contribution in [0.15, 0.2) is 12.5 Å². The smallest absolute Gasteiger partial charge is 0.224 e. The van der Waals surface area contributed by atoms with Crippen molar-refractivity contribution in [2.24, 2.45) is 0 Å². The van der Waals surface area contributed by atoms with E-state index in [9.17, 15) is 10.2 Å². The van der Waals surface area contributed by atoms with E-state index in [0.717, 1.165) is 0 Å². The Morgan fingerprint density at radius 2 is 2.11 bits per heavy atom. The predicted molar refractivity (Wildman–Crippen MR) is 63.3 cm³/mol. The van der Waals surface area contributed by atoms with Gasteiger partial charge in [0, 0.05) is 0 Å². The number of halogens is 1. The lowest BCUT2D eigenvalue weighted by atomic mass is 10.1. The summed E-state index contributed by atoms with van der Waals surface area (Å²) in [4.78, 5) is 11.9. The molecule has 2 aromatic rings. The molecule has 1 aliphatic heterocycles. The summed E-state index contributed by atoms with van der Waals surface area (Å²) in [6.45, 7) is -0.392. The summed E-state index contributed by atoms with van der Waals surface area (Å²) in [7, 11) is 0. The Morgan fingerprint density at radius 3 is 2.79 bits per heavy atom. The van der Waals surface area contributed by atoms with Crippen molar-refractivity contribution in [2.75, 3.05) is 6.61 Å². The van der Waals surface area contributed by atoms with Crippen LogP contribution in [0.25, 0.3) is 11.2 Å². The van der Waals surface area contributed by atoms with Crippen molar-refractivity contribution in [1.29, 1.82) is 0 Å². The summed E-state index contributed by atoms with van der Waals surface area (Å²) in [5, 5.41) is 28.8. The van der Waals surface area contributed by atoms with Crippen LogP contribution in [0.4, 0.5) is 0 Å². The minimum absolute atomic E-state index is 0.0426. The average Bonchev–Trinajstić information content (AvgIpc) is 2.92. The van der Waals surface area contributed by atoms with E-state index in [1.165, 1.54) is 17.1 Å². The summed E-state index contributed by atoms with van der Waals surface area (Å²) >= 11 is 5.72. The Bertz CT molecular complexity index is 606. The van der Waals surface area contributed by atoms with Crippen LogP contribution in [0.2, 0.25) is 5.28 Å². The number of ether oxygens (including phenoxy) is 1. The highest BCUT2D eigenvalue weighted by Crippen LogP contribution is 2.31. The summed E-state index contributed by atoms with van der Waals surface area (Å²) in [6.07, 6.45) is -1.25. The van der Waals surface area contributed by atoms with Crippen LogP contribution in [0.3, 0.4) is 0 Å². The minimum atomic E-state index is -1.19. The molecule has 0 aromatic carbocycles. The van der Waals surface area contributed by atoms with Gasteiger partial charge in [-0.2, -0.15) is 4.98 Å². The molecule has 102 valence electrons. The van der Waals surface area contributed by atoms with Crippen molar-refractivity contribution in [3.05, 3.63) is 17.8 Å². The Morgan fingerprint density at radius 1 is 1.32 bits per heavy atom. The monoisotopic (exact) mass is 286 g/mol. The lowest BCUT2D eigenvalue weighted by molar-refractivity contribution is -0.0511. The van der Waals surface area contributed by atoms with Crippen LogP contribution in [0, 0.1) is 0 Å². The van der Waals surface area contributed by atoms with Crippen molar-refractivity contribution in [1.82, 2.24) is 19.5 Å². The van der Waals surface area contributed by atoms with Crippen LogP contribution in [-0.2, 0) is 4.74 Å². The maximum Gasteiger partial charge on any atom is 0.224 e. The fraction of sp³-hybridized carbons (Fsp3) is 0.500. The number of fused-ring (bicyclic) bond motifs is 1. The second-order valence-corrected chi connectivity index (χ2v) is 4.57. The van der Waals surface area contributed by atoms with E-state index in [2.05, 4.69) is 15.0 Å². The molecule has 0 radical (unpaired) electrons. The maximum absolute atomic E-state index is 9.95. The van der Waals surface area contributed by atoms with Gasteiger partial charge in [0.1, 0.15) is 23.8 Å². The Hall–Kier alpha value is -1.32. The van der Waals surface area contributed by atoms with E-state index in [1.54, 1.807) is 0 Å². The summed E-state index contributed by atoms with van der Waals surface area (Å²) in [6, 6.07) is 0. The quantitative estimate of drug-likeness (QED) is 0.613. The predicted octanol–water partition coefficient (Wildman–Crippen LogP) is -0.909. The Balaban J connectivity index is 2.03. The fourth-order valence-electron chi connectivity index (χ4n) is 2.10. The van der Waals surface area contributed by atoms with Gasteiger partial charge in [-0.25, -0.2) is 9.97 Å². The van der Waals surface area contributed by atoms with E-state index >= 15 is 0 Å². The largest absolute Gasteiger partial charge is 0.394 e. The first-order chi connectivity index (χ1) is 9.11. The van der Waals surface area contributed by atoms with Gasteiger partial charge >= 0.3 is 0 Å². The van der Waals surface area contributed by atoms with Gasteiger partial charge in [-0.3, -0.25) is 4.57 Å². The van der Waals surface area contributed by atoms with Gasteiger partial charge < -0.3 is 20.1 Å². The third-order valence-corrected chi connectivity index (χ3v) is 3.26. The zero-order valence-corrected chi connectivity index (χ0v) is 10.3. The van der Waals surface area contributed by atoms with Crippen molar-refractivity contribution < 1.29 is 20.1 Å². The number of nitrogens with zero attached hydrogens (tertiary/aromatic N) is 4. The molecular formula is C10H11ClN4O4. The lowest BCUT2D eigenvalue weighted by Gasteiger charge is -2.16. The molecule has 4 atom stereocenters. The second-order valence-electron chi connectivity index (χ2n) is 4.23. The van der Waals surface area contributed by atoms with Crippen molar-refractivity contribution in [3.63, 3.8) is 0 Å². The summed E-state index contributed by atoms with van der Waals surface area (Å²) in [5.74, 6) is 0. The zero-order chi connectivity index (χ0) is 13.6. The van der Waals surface area contributed by atoms with Crippen LogP contribution in [0.5, 0.6) is 0 Å². The van der Waals surface area contributed by atoms with Crippen molar-refractivity contribution in [2.45, 2.75) is 24.5 Å². The zero-order valence-electron chi connectivity index (χ0n) is 9.59. The first-order valence-electron chi connectivity index (χ1n) is 5.59. The third-order valence-electron chi connectivity index (χ3n) is 3.08. The molecule has 9 heteroatoms. The highest BCUT2D eigenvalue weighted by molar-refractivity contribution is 6.28. The van der Waals surface area contributed by atoms with Crippen LogP contribution >= 0.6 is 11.6 Å². The van der Waals surface area contributed by atoms with E-state index in [-0.39, 0.29) is 5.28 Å². The standard InChI is InChI=1S/C10H11ClN4O4/c11-10-12-1-4-8(14-10)15(3-13-4)9-7(18)6(17)5(2-16)19-9/h1,3,5-7,9,16-18H,2H2/t5-,6+,7-,9-/m0/s1. The summed E-state index contributed by atoms with van der Waals surface area (Å²) in [5.41, 5.74) is 0.872. The second kappa shape index (κ2) is 4.66. The first-order valence-corrected chi connectivity index (χ1v) is 5.97. The van der Waals surface area contributed by atoms with E-state index < -0.39 is 31.1 Å². The van der Waals surface area contributed by atoms with E-state index in [4.69, 9.17) is 21.4 Å². The number of hydrogen-bond donors (Lipinski definition) is 3. The number of aliphatic hydroxyl groups is 3. The molecule has 0 aliphatic carbocycles. The van der Waals surface area contributed by atoms with E-state index in [1.807, 2.05) is 0 Å². The highest BCUT2D eigenvalue weighted by atomic mass is 35.5. The Kier molecular flexibility index (Phi) is 3.11. The lowest BCUT2D eigenvalue weighted by Crippen LogP contribution is -2.33. The molecule has 1 aliphatic rings. The molecule has 0 bridgehead atoms. The molecule has 0 unspecified atom stereocenters. The van der Waals surface area contributed by atoms with Crippen molar-refractivity contribution in [3.8, 4) is 0 Å². The number of aliphatic hydroxyl groups excluding tert-OH is 3. The van der Waals surface area contributed by atoms with Gasteiger partial charge in [-0.1, -0.05) is 0 Å². The van der Waals surface area contributed by atoms with Gasteiger partial charge in [0.15, 0.2) is 11.9 Å². The molecule has 3 heterocycles. The van der Waals surface area contributed by atoms with E-state index in [0.29, 0.717) is 11.2 Å². The normalized spacial score (nSPS) is 31.2. The average molecular weight is 287 g/mol. The van der Waals surface area contributed by atoms with Crippen LogP contribution in [0.1, 0.15) is 6.23 Å². The van der Waals surface area contributed by atoms with Gasteiger partial charge in [0.25, 0.3) is 0 Å². The maximum atomic E-state index is 9.95. The Labute approximate surface area is 112 Å². The number of aromatic nitrogens is 4. The molecule has 8 nitrogen and oxygen atoms in total. The van der Waals surface area contributed by atoms with Gasteiger partial charge in [0.2, 0.25) is 5.28 Å². The molecule has 3 N–H and O–H groups in total. The van der Waals surface area contributed by atoms with Gasteiger partial charge in [-0.15, -0.1) is 0 Å². The van der Waals surface area contributed by atoms with Crippen LogP contribution in [-0.4, -0.2) is 59.8 Å². The molecule has 1 fully saturated rings.